The number of anilines is 2. The van der Waals surface area contributed by atoms with Gasteiger partial charge in [0.05, 0.1) is 23.6 Å². The monoisotopic (exact) mass is 358 g/mol. The zero-order valence-corrected chi connectivity index (χ0v) is 14.8. The summed E-state index contributed by atoms with van der Waals surface area (Å²) in [5, 5.41) is 12.2. The van der Waals surface area contributed by atoms with Gasteiger partial charge in [0.25, 0.3) is 5.91 Å². The second-order valence-electron chi connectivity index (χ2n) is 5.90. The Morgan fingerprint density at radius 1 is 1.15 bits per heavy atom. The van der Waals surface area contributed by atoms with E-state index in [1.807, 2.05) is 18.2 Å². The Bertz CT molecular complexity index is 950. The molecule has 1 N–H and O–H groups in total. The van der Waals surface area contributed by atoms with Crippen LogP contribution in [0.1, 0.15) is 21.6 Å². The molecule has 0 radical (unpaired) electrons. The van der Waals surface area contributed by atoms with Crippen molar-refractivity contribution >= 4 is 17.4 Å². The van der Waals surface area contributed by atoms with E-state index in [1.165, 1.54) is 12.4 Å². The second kappa shape index (κ2) is 8.54. The normalized spacial score (nSPS) is 10.1. The number of amides is 1. The van der Waals surface area contributed by atoms with Gasteiger partial charge in [0.1, 0.15) is 17.6 Å². The van der Waals surface area contributed by atoms with Crippen LogP contribution in [0, 0.1) is 11.3 Å². The van der Waals surface area contributed by atoms with E-state index in [2.05, 4.69) is 26.3 Å². The molecular formula is C20H18N6O. The molecule has 1 amide bonds. The Balaban J connectivity index is 1.62. The fourth-order valence-electron chi connectivity index (χ4n) is 2.47. The van der Waals surface area contributed by atoms with E-state index in [-0.39, 0.29) is 11.6 Å². The number of nitriles is 1. The highest BCUT2D eigenvalue weighted by Crippen LogP contribution is 2.18. The Morgan fingerprint density at radius 2 is 1.93 bits per heavy atom. The lowest BCUT2D eigenvalue weighted by atomic mass is 10.2. The van der Waals surface area contributed by atoms with Crippen molar-refractivity contribution in [3.63, 3.8) is 0 Å². The van der Waals surface area contributed by atoms with Crippen LogP contribution in [0.2, 0.25) is 0 Å². The minimum Gasteiger partial charge on any atom is -0.340 e. The predicted octanol–water partition coefficient (Wildman–Crippen LogP) is 2.80. The number of carbonyl (C=O) groups is 1. The highest BCUT2D eigenvalue weighted by molar-refractivity contribution is 5.91. The van der Waals surface area contributed by atoms with Crippen molar-refractivity contribution in [1.29, 1.82) is 5.26 Å². The first-order valence-corrected chi connectivity index (χ1v) is 8.40. The first-order chi connectivity index (χ1) is 13.2. The van der Waals surface area contributed by atoms with Crippen LogP contribution < -0.4 is 5.32 Å². The summed E-state index contributed by atoms with van der Waals surface area (Å²) in [6.45, 7) is 0.570. The van der Waals surface area contributed by atoms with Gasteiger partial charge in [-0.3, -0.25) is 9.78 Å². The quantitative estimate of drug-likeness (QED) is 0.728. The number of hydrogen-bond acceptors (Lipinski definition) is 6. The van der Waals surface area contributed by atoms with E-state index in [1.54, 1.807) is 42.5 Å². The van der Waals surface area contributed by atoms with Crippen LogP contribution in [-0.4, -0.2) is 39.4 Å². The molecule has 0 fully saturated rings. The van der Waals surface area contributed by atoms with E-state index < -0.39 is 0 Å². The number of benzene rings is 1. The number of para-hydroxylation sites is 1. The Labute approximate surface area is 157 Å². The zero-order valence-electron chi connectivity index (χ0n) is 14.8. The molecule has 2 aromatic heterocycles. The van der Waals surface area contributed by atoms with Gasteiger partial charge >= 0.3 is 0 Å². The molecule has 0 aliphatic heterocycles. The highest BCUT2D eigenvalue weighted by atomic mass is 16.2. The topological polar surface area (TPSA) is 94.8 Å². The first-order valence-electron chi connectivity index (χ1n) is 8.40. The Morgan fingerprint density at radius 3 is 2.63 bits per heavy atom. The van der Waals surface area contributed by atoms with Crippen molar-refractivity contribution in [1.82, 2.24) is 19.9 Å². The molecule has 7 nitrogen and oxygen atoms in total. The number of nitrogens with zero attached hydrogens (tertiary/aromatic N) is 5. The summed E-state index contributed by atoms with van der Waals surface area (Å²) >= 11 is 0. The van der Waals surface area contributed by atoms with E-state index in [4.69, 9.17) is 5.26 Å². The molecule has 27 heavy (non-hydrogen) atoms. The van der Waals surface area contributed by atoms with Crippen molar-refractivity contribution in [2.75, 3.05) is 18.9 Å². The van der Waals surface area contributed by atoms with Gasteiger partial charge in [-0.1, -0.05) is 12.1 Å². The summed E-state index contributed by atoms with van der Waals surface area (Å²) in [7, 11) is 1.74. The molecule has 0 spiro atoms. The predicted molar refractivity (Wildman–Crippen MR) is 101 cm³/mol. The van der Waals surface area contributed by atoms with E-state index >= 15 is 0 Å². The number of pyridine rings is 1. The second-order valence-corrected chi connectivity index (χ2v) is 5.90. The molecule has 0 saturated heterocycles. The number of likely N-dealkylation sites (N-methyl/N-ethyl adjacent to an activating group) is 1. The maximum Gasteiger partial charge on any atom is 0.273 e. The molecule has 0 bridgehead atoms. The lowest BCUT2D eigenvalue weighted by Gasteiger charge is -2.16. The summed E-state index contributed by atoms with van der Waals surface area (Å²) in [4.78, 5) is 26.5. The summed E-state index contributed by atoms with van der Waals surface area (Å²) in [5.74, 6) is 0.272. The van der Waals surface area contributed by atoms with Crippen LogP contribution in [0.4, 0.5) is 11.5 Å². The molecule has 3 rings (SSSR count). The van der Waals surface area contributed by atoms with Crippen LogP contribution in [0.25, 0.3) is 0 Å². The summed E-state index contributed by atoms with van der Waals surface area (Å²) < 4.78 is 0. The molecule has 3 aromatic rings. The lowest BCUT2D eigenvalue weighted by Crippen LogP contribution is -2.29. The van der Waals surface area contributed by atoms with Gasteiger partial charge in [-0.2, -0.15) is 5.26 Å². The van der Waals surface area contributed by atoms with Gasteiger partial charge < -0.3 is 10.2 Å². The van der Waals surface area contributed by atoms with Crippen LogP contribution in [0.5, 0.6) is 0 Å². The molecule has 0 unspecified atom stereocenters. The zero-order chi connectivity index (χ0) is 19.1. The molecule has 1 aromatic carbocycles. The SMILES string of the molecule is CN(CCc1ccncc1)C(=O)c1cnc(Nc2ccccc2C#N)cn1. The average molecular weight is 358 g/mol. The smallest absolute Gasteiger partial charge is 0.273 e. The van der Waals surface area contributed by atoms with Gasteiger partial charge in [-0.05, 0) is 36.2 Å². The minimum atomic E-state index is -0.194. The van der Waals surface area contributed by atoms with Crippen molar-refractivity contribution in [2.45, 2.75) is 6.42 Å². The first kappa shape index (κ1) is 18.0. The molecule has 0 saturated carbocycles. The molecule has 7 heteroatoms. The van der Waals surface area contributed by atoms with E-state index in [0.717, 1.165) is 12.0 Å². The summed E-state index contributed by atoms with van der Waals surface area (Å²) in [5.41, 5.74) is 2.54. The van der Waals surface area contributed by atoms with Gasteiger partial charge in [0.15, 0.2) is 0 Å². The third-order valence-corrected chi connectivity index (χ3v) is 4.01. The minimum absolute atomic E-state index is 0.194. The van der Waals surface area contributed by atoms with Gasteiger partial charge in [0.2, 0.25) is 0 Å². The number of rotatable bonds is 6. The van der Waals surface area contributed by atoms with Crippen LogP contribution >= 0.6 is 0 Å². The number of nitrogens with one attached hydrogen (secondary N) is 1. The van der Waals surface area contributed by atoms with Crippen LogP contribution in [0.3, 0.4) is 0 Å². The molecule has 0 aliphatic rings. The molecular weight excluding hydrogens is 340 g/mol. The maximum absolute atomic E-state index is 12.5. The summed E-state index contributed by atoms with van der Waals surface area (Å²) in [6.07, 6.45) is 7.13. The molecule has 0 aliphatic carbocycles. The van der Waals surface area contributed by atoms with E-state index in [0.29, 0.717) is 23.6 Å². The number of carbonyl (C=O) groups excluding carboxylic acids is 1. The summed E-state index contributed by atoms with van der Waals surface area (Å²) in [6, 6.07) is 13.1. The van der Waals surface area contributed by atoms with Crippen LogP contribution in [0.15, 0.2) is 61.2 Å². The molecule has 0 atom stereocenters. The number of aromatic nitrogens is 3. The average Bonchev–Trinajstić information content (AvgIpc) is 2.73. The fraction of sp³-hybridized carbons (Fsp3) is 0.150. The largest absolute Gasteiger partial charge is 0.340 e. The van der Waals surface area contributed by atoms with E-state index in [9.17, 15) is 4.79 Å². The molecule has 2 heterocycles. The third-order valence-electron chi connectivity index (χ3n) is 4.01. The maximum atomic E-state index is 12.5. The molecule has 134 valence electrons. The van der Waals surface area contributed by atoms with Crippen molar-refractivity contribution in [3.05, 3.63) is 78.0 Å². The van der Waals surface area contributed by atoms with Crippen molar-refractivity contribution in [3.8, 4) is 6.07 Å². The number of hydrogen-bond donors (Lipinski definition) is 1. The Hall–Kier alpha value is -3.79. The van der Waals surface area contributed by atoms with Gasteiger partial charge in [-0.25, -0.2) is 9.97 Å². The van der Waals surface area contributed by atoms with Gasteiger partial charge in [0, 0.05) is 26.0 Å². The Kier molecular flexibility index (Phi) is 5.70. The highest BCUT2D eigenvalue weighted by Gasteiger charge is 2.14. The van der Waals surface area contributed by atoms with Gasteiger partial charge in [-0.15, -0.1) is 0 Å². The third kappa shape index (κ3) is 4.64. The van der Waals surface area contributed by atoms with Crippen LogP contribution in [-0.2, 0) is 6.42 Å². The lowest BCUT2D eigenvalue weighted by molar-refractivity contribution is 0.0790. The van der Waals surface area contributed by atoms with Crippen molar-refractivity contribution < 1.29 is 4.79 Å². The standard InChI is InChI=1S/C20H18N6O/c1-26(11-8-15-6-9-22-10-7-15)20(27)18-13-24-19(14-23-18)25-17-5-3-2-4-16(17)12-21/h2-7,9-10,13-14H,8,11H2,1H3,(H,24,25). The fourth-order valence-corrected chi connectivity index (χ4v) is 2.47. The van der Waals surface area contributed by atoms with Crippen molar-refractivity contribution in [2.24, 2.45) is 0 Å².